The second-order valence-electron chi connectivity index (χ2n) is 5.74. The fourth-order valence-electron chi connectivity index (χ4n) is 2.77. The van der Waals surface area contributed by atoms with Gasteiger partial charge in [0.05, 0.1) is 12.2 Å². The summed E-state index contributed by atoms with van der Waals surface area (Å²) in [5.41, 5.74) is 1.02. The number of nitrogens with one attached hydrogen (secondary N) is 1. The van der Waals surface area contributed by atoms with Gasteiger partial charge in [-0.15, -0.1) is 0 Å². The largest absolute Gasteiger partial charge is 0.444 e. The van der Waals surface area contributed by atoms with Gasteiger partial charge in [-0.25, -0.2) is 4.98 Å². The van der Waals surface area contributed by atoms with Gasteiger partial charge in [0.15, 0.2) is 0 Å². The molecule has 1 fully saturated rings. The maximum atomic E-state index is 5.69. The van der Waals surface area contributed by atoms with Gasteiger partial charge in [-0.2, -0.15) is 0 Å². The molecule has 19 heavy (non-hydrogen) atoms. The number of hydrogen-bond donors (Lipinski definition) is 1. The van der Waals surface area contributed by atoms with Crippen LogP contribution < -0.4 is 5.32 Å². The highest BCUT2D eigenvalue weighted by molar-refractivity contribution is 5.05. The Hall–Kier alpha value is -0.870. The van der Waals surface area contributed by atoms with Crippen LogP contribution in [-0.2, 0) is 6.54 Å². The zero-order valence-electron chi connectivity index (χ0n) is 12.7. The lowest BCUT2D eigenvalue weighted by Crippen LogP contribution is -2.47. The van der Waals surface area contributed by atoms with E-state index in [1.807, 2.05) is 13.8 Å². The molecule has 1 aliphatic rings. The molecule has 1 N–H and O–H groups in total. The molecule has 4 nitrogen and oxygen atoms in total. The van der Waals surface area contributed by atoms with Crippen LogP contribution in [0.5, 0.6) is 0 Å². The Kier molecular flexibility index (Phi) is 4.99. The fourth-order valence-corrected chi connectivity index (χ4v) is 2.77. The normalized spacial score (nSPS) is 24.8. The number of rotatable bonds is 5. The van der Waals surface area contributed by atoms with Crippen LogP contribution in [0.1, 0.15) is 50.5 Å². The number of piperidine rings is 1. The molecule has 108 valence electrons. The van der Waals surface area contributed by atoms with Crippen LogP contribution in [0.25, 0.3) is 0 Å². The number of likely N-dealkylation sites (tertiary alicyclic amines) is 1. The number of aryl methyl sites for hydroxylation is 2. The molecule has 1 aliphatic heterocycles. The van der Waals surface area contributed by atoms with Crippen LogP contribution in [-0.4, -0.2) is 35.1 Å². The van der Waals surface area contributed by atoms with Gasteiger partial charge in [0.2, 0.25) is 5.89 Å². The summed E-state index contributed by atoms with van der Waals surface area (Å²) < 4.78 is 5.69. The predicted octanol–water partition coefficient (Wildman–Crippen LogP) is 2.64. The summed E-state index contributed by atoms with van der Waals surface area (Å²) in [5.74, 6) is 1.81. The van der Waals surface area contributed by atoms with Gasteiger partial charge in [0, 0.05) is 18.6 Å². The summed E-state index contributed by atoms with van der Waals surface area (Å²) in [4.78, 5) is 6.96. The first-order valence-corrected chi connectivity index (χ1v) is 7.50. The van der Waals surface area contributed by atoms with Gasteiger partial charge in [-0.3, -0.25) is 4.90 Å². The van der Waals surface area contributed by atoms with E-state index < -0.39 is 0 Å². The molecule has 2 unspecified atom stereocenters. The Morgan fingerprint density at radius 1 is 1.42 bits per heavy atom. The molecule has 1 saturated heterocycles. The van der Waals surface area contributed by atoms with E-state index in [2.05, 4.69) is 29.0 Å². The molecule has 0 aliphatic carbocycles. The summed E-state index contributed by atoms with van der Waals surface area (Å²) in [6.45, 7) is 11.6. The van der Waals surface area contributed by atoms with Gasteiger partial charge in [-0.1, -0.05) is 6.92 Å². The van der Waals surface area contributed by atoms with Gasteiger partial charge in [0.1, 0.15) is 5.76 Å². The van der Waals surface area contributed by atoms with Crippen LogP contribution in [0.2, 0.25) is 0 Å². The smallest absolute Gasteiger partial charge is 0.208 e. The van der Waals surface area contributed by atoms with Gasteiger partial charge >= 0.3 is 0 Å². The predicted molar refractivity (Wildman–Crippen MR) is 77.2 cm³/mol. The number of aromatic nitrogens is 1. The third kappa shape index (κ3) is 3.80. The van der Waals surface area contributed by atoms with E-state index in [0.29, 0.717) is 12.1 Å². The van der Waals surface area contributed by atoms with E-state index in [9.17, 15) is 0 Å². The molecular weight excluding hydrogens is 238 g/mol. The minimum absolute atomic E-state index is 0.593. The minimum atomic E-state index is 0.593. The lowest BCUT2D eigenvalue weighted by Gasteiger charge is -2.37. The van der Waals surface area contributed by atoms with E-state index in [0.717, 1.165) is 37.0 Å². The van der Waals surface area contributed by atoms with Gasteiger partial charge in [0.25, 0.3) is 0 Å². The molecule has 2 rings (SSSR count). The topological polar surface area (TPSA) is 41.3 Å². The zero-order chi connectivity index (χ0) is 13.8. The molecule has 0 bridgehead atoms. The van der Waals surface area contributed by atoms with Gasteiger partial charge < -0.3 is 9.73 Å². The average molecular weight is 265 g/mol. The summed E-state index contributed by atoms with van der Waals surface area (Å²) in [6, 6.07) is 1.27. The van der Waals surface area contributed by atoms with Crippen LogP contribution >= 0.6 is 0 Å². The van der Waals surface area contributed by atoms with Crippen molar-refractivity contribution < 1.29 is 4.42 Å². The maximum Gasteiger partial charge on any atom is 0.208 e. The summed E-state index contributed by atoms with van der Waals surface area (Å²) in [7, 11) is 0. The van der Waals surface area contributed by atoms with Crippen molar-refractivity contribution in [2.75, 3.05) is 13.1 Å². The molecule has 0 amide bonds. The first kappa shape index (κ1) is 14.5. The molecule has 0 radical (unpaired) electrons. The second kappa shape index (κ2) is 6.53. The van der Waals surface area contributed by atoms with Crippen molar-refractivity contribution in [3.8, 4) is 0 Å². The first-order valence-electron chi connectivity index (χ1n) is 7.50. The number of oxazole rings is 1. The van der Waals surface area contributed by atoms with Crippen molar-refractivity contribution in [1.29, 1.82) is 0 Å². The molecule has 1 aromatic heterocycles. The molecule has 2 atom stereocenters. The quantitative estimate of drug-likeness (QED) is 0.888. The van der Waals surface area contributed by atoms with Crippen molar-refractivity contribution in [1.82, 2.24) is 15.2 Å². The highest BCUT2D eigenvalue weighted by Crippen LogP contribution is 2.20. The van der Waals surface area contributed by atoms with Crippen LogP contribution in [0.15, 0.2) is 4.42 Å². The van der Waals surface area contributed by atoms with Gasteiger partial charge in [-0.05, 0) is 46.6 Å². The third-order valence-electron chi connectivity index (χ3n) is 4.11. The highest BCUT2D eigenvalue weighted by Gasteiger charge is 2.26. The van der Waals surface area contributed by atoms with Crippen molar-refractivity contribution in [2.24, 2.45) is 0 Å². The average Bonchev–Trinajstić information content (AvgIpc) is 2.69. The van der Waals surface area contributed by atoms with E-state index >= 15 is 0 Å². The zero-order valence-corrected chi connectivity index (χ0v) is 12.7. The molecule has 0 saturated carbocycles. The molecule has 4 heteroatoms. The fraction of sp³-hybridized carbons (Fsp3) is 0.800. The summed E-state index contributed by atoms with van der Waals surface area (Å²) in [6.07, 6.45) is 3.66. The standard InChI is InChI=1S/C15H27N3O/c1-5-7-16-14-6-8-18(11(2)9-14)10-15-17-12(3)13(4)19-15/h11,14,16H,5-10H2,1-4H3. The lowest BCUT2D eigenvalue weighted by molar-refractivity contribution is 0.117. The van der Waals surface area contributed by atoms with E-state index in [1.54, 1.807) is 0 Å². The summed E-state index contributed by atoms with van der Waals surface area (Å²) in [5, 5.41) is 3.63. The maximum absolute atomic E-state index is 5.69. The van der Waals surface area contributed by atoms with E-state index in [4.69, 9.17) is 4.42 Å². The van der Waals surface area contributed by atoms with Crippen molar-refractivity contribution in [2.45, 2.75) is 65.6 Å². The lowest BCUT2D eigenvalue weighted by atomic mass is 9.98. The van der Waals surface area contributed by atoms with Crippen LogP contribution in [0.3, 0.4) is 0 Å². The first-order chi connectivity index (χ1) is 9.10. The second-order valence-corrected chi connectivity index (χ2v) is 5.74. The van der Waals surface area contributed by atoms with Crippen molar-refractivity contribution in [3.63, 3.8) is 0 Å². The Labute approximate surface area is 116 Å². The molecule has 2 heterocycles. The number of nitrogens with zero attached hydrogens (tertiary/aromatic N) is 2. The number of hydrogen-bond acceptors (Lipinski definition) is 4. The highest BCUT2D eigenvalue weighted by atomic mass is 16.4. The van der Waals surface area contributed by atoms with E-state index in [-0.39, 0.29) is 0 Å². The summed E-state index contributed by atoms with van der Waals surface area (Å²) >= 11 is 0. The van der Waals surface area contributed by atoms with Crippen molar-refractivity contribution >= 4 is 0 Å². The Morgan fingerprint density at radius 3 is 2.79 bits per heavy atom. The van der Waals surface area contributed by atoms with Crippen molar-refractivity contribution in [3.05, 3.63) is 17.3 Å². The van der Waals surface area contributed by atoms with Crippen LogP contribution in [0, 0.1) is 13.8 Å². The molecule has 0 aromatic carbocycles. The Bertz CT molecular complexity index is 383. The molecule has 0 spiro atoms. The Balaban J connectivity index is 1.86. The third-order valence-corrected chi connectivity index (χ3v) is 4.11. The Morgan fingerprint density at radius 2 is 2.21 bits per heavy atom. The SMILES string of the molecule is CCCNC1CCN(Cc2nc(C)c(C)o2)C(C)C1. The monoisotopic (exact) mass is 265 g/mol. The molecule has 1 aromatic rings. The van der Waals surface area contributed by atoms with Crippen LogP contribution in [0.4, 0.5) is 0 Å². The molecular formula is C15H27N3O. The van der Waals surface area contributed by atoms with E-state index in [1.165, 1.54) is 19.3 Å². The minimum Gasteiger partial charge on any atom is -0.444 e.